The molecule has 0 saturated carbocycles. The lowest BCUT2D eigenvalue weighted by atomic mass is 10.0. The van der Waals surface area contributed by atoms with Gasteiger partial charge in [-0.3, -0.25) is 9.52 Å². The third-order valence-corrected chi connectivity index (χ3v) is 6.20. The highest BCUT2D eigenvalue weighted by atomic mass is 35.5. The number of carbonyl (C=O) groups excluding carboxylic acids is 1. The molecule has 3 aromatic rings. The van der Waals surface area contributed by atoms with Gasteiger partial charge >= 0.3 is 0 Å². The van der Waals surface area contributed by atoms with Crippen LogP contribution in [0.4, 0.5) is 11.4 Å². The van der Waals surface area contributed by atoms with E-state index in [1.165, 1.54) is 30.5 Å². The summed E-state index contributed by atoms with van der Waals surface area (Å²) in [5.41, 5.74) is 2.12. The van der Waals surface area contributed by atoms with E-state index in [2.05, 4.69) is 4.72 Å². The molecule has 0 spiro atoms. The molecule has 8 heteroatoms. The van der Waals surface area contributed by atoms with Gasteiger partial charge in [0.05, 0.1) is 11.2 Å². The number of aryl methyl sites for hydroxylation is 1. The number of amides is 1. The zero-order chi connectivity index (χ0) is 19.7. The number of hydrogen-bond acceptors (Lipinski definition) is 4. The Balaban J connectivity index is 1.60. The number of anilines is 2. The van der Waals surface area contributed by atoms with Gasteiger partial charge in [0.1, 0.15) is 0 Å². The molecule has 1 aliphatic heterocycles. The molecule has 0 saturated heterocycles. The van der Waals surface area contributed by atoms with E-state index < -0.39 is 10.0 Å². The van der Waals surface area contributed by atoms with E-state index in [1.807, 2.05) is 0 Å². The first-order valence-corrected chi connectivity index (χ1v) is 10.6. The third-order valence-electron chi connectivity index (χ3n) is 4.55. The van der Waals surface area contributed by atoms with E-state index in [4.69, 9.17) is 16.0 Å². The van der Waals surface area contributed by atoms with Crippen LogP contribution in [0.25, 0.3) is 0 Å². The topological polar surface area (TPSA) is 79.6 Å². The maximum absolute atomic E-state index is 12.7. The van der Waals surface area contributed by atoms with Gasteiger partial charge in [-0.25, -0.2) is 8.42 Å². The van der Waals surface area contributed by atoms with Crippen LogP contribution >= 0.6 is 11.6 Å². The van der Waals surface area contributed by atoms with Crippen molar-refractivity contribution in [1.29, 1.82) is 0 Å². The summed E-state index contributed by atoms with van der Waals surface area (Å²) in [6.45, 7) is 0.586. The minimum Gasteiger partial charge on any atom is -0.459 e. The van der Waals surface area contributed by atoms with Crippen LogP contribution in [0.5, 0.6) is 0 Å². The number of carbonyl (C=O) groups is 1. The molecule has 0 bridgehead atoms. The molecule has 1 N–H and O–H groups in total. The Kier molecular flexibility index (Phi) is 4.87. The molecule has 0 fully saturated rings. The third kappa shape index (κ3) is 3.63. The monoisotopic (exact) mass is 416 g/mol. The fourth-order valence-corrected chi connectivity index (χ4v) is 4.41. The molecule has 6 nitrogen and oxygen atoms in total. The van der Waals surface area contributed by atoms with E-state index >= 15 is 0 Å². The van der Waals surface area contributed by atoms with Crippen molar-refractivity contribution in [1.82, 2.24) is 0 Å². The van der Waals surface area contributed by atoms with Gasteiger partial charge in [-0.2, -0.15) is 0 Å². The highest BCUT2D eigenvalue weighted by molar-refractivity contribution is 7.92. The summed E-state index contributed by atoms with van der Waals surface area (Å²) >= 11 is 5.82. The predicted octanol–water partition coefficient (Wildman–Crippen LogP) is 4.33. The summed E-state index contributed by atoms with van der Waals surface area (Å²) in [7, 11) is -3.73. The molecule has 144 valence electrons. The van der Waals surface area contributed by atoms with Gasteiger partial charge in [0.2, 0.25) is 0 Å². The number of nitrogens with zero attached hydrogens (tertiary/aromatic N) is 1. The first kappa shape index (κ1) is 18.6. The van der Waals surface area contributed by atoms with E-state index in [1.54, 1.807) is 35.2 Å². The number of benzene rings is 2. The quantitative estimate of drug-likeness (QED) is 0.686. The summed E-state index contributed by atoms with van der Waals surface area (Å²) < 4.78 is 33.0. The molecule has 0 aliphatic carbocycles. The standard InChI is InChI=1S/C20H17ClN2O4S/c21-15-5-8-17(9-6-15)28(25,26)22-16-7-10-18-14(13-16)3-1-11-23(18)20(24)19-4-2-12-27-19/h2,4-10,12-13,22H,1,3,11H2. The van der Waals surface area contributed by atoms with Crippen molar-refractivity contribution in [3.05, 3.63) is 77.2 Å². The van der Waals surface area contributed by atoms with Crippen LogP contribution in [0, 0.1) is 0 Å². The van der Waals surface area contributed by atoms with Gasteiger partial charge < -0.3 is 9.32 Å². The van der Waals surface area contributed by atoms with Gasteiger partial charge in [0.15, 0.2) is 5.76 Å². The number of halogens is 1. The molecule has 2 heterocycles. The number of furan rings is 1. The lowest BCUT2D eigenvalue weighted by Crippen LogP contribution is -2.35. The largest absolute Gasteiger partial charge is 0.459 e. The second kappa shape index (κ2) is 7.33. The van der Waals surface area contributed by atoms with Crippen molar-refractivity contribution in [3.63, 3.8) is 0 Å². The van der Waals surface area contributed by atoms with Crippen molar-refractivity contribution in [2.24, 2.45) is 0 Å². The first-order valence-electron chi connectivity index (χ1n) is 8.71. The highest BCUT2D eigenvalue weighted by Gasteiger charge is 2.26. The second-order valence-corrected chi connectivity index (χ2v) is 8.56. The molecular formula is C20H17ClN2O4S. The highest BCUT2D eigenvalue weighted by Crippen LogP contribution is 2.31. The van der Waals surface area contributed by atoms with E-state index in [0.717, 1.165) is 24.1 Å². The van der Waals surface area contributed by atoms with Gasteiger partial charge in [-0.1, -0.05) is 11.6 Å². The van der Waals surface area contributed by atoms with E-state index in [-0.39, 0.29) is 16.6 Å². The summed E-state index contributed by atoms with van der Waals surface area (Å²) in [6.07, 6.45) is 3.01. The van der Waals surface area contributed by atoms with Gasteiger partial charge in [0.25, 0.3) is 15.9 Å². The van der Waals surface area contributed by atoms with Crippen molar-refractivity contribution in [2.45, 2.75) is 17.7 Å². The smallest absolute Gasteiger partial charge is 0.293 e. The molecule has 4 rings (SSSR count). The lowest BCUT2D eigenvalue weighted by molar-refractivity contribution is 0.0958. The number of nitrogens with one attached hydrogen (secondary N) is 1. The summed E-state index contributed by atoms with van der Waals surface area (Å²) in [5, 5.41) is 0.467. The number of sulfonamides is 1. The fraction of sp³-hybridized carbons (Fsp3) is 0.150. The van der Waals surface area contributed by atoms with Gasteiger partial charge in [-0.15, -0.1) is 0 Å². The Hall–Kier alpha value is -2.77. The Morgan fingerprint density at radius 1 is 1.11 bits per heavy atom. The molecule has 0 radical (unpaired) electrons. The Bertz CT molecular complexity index is 1110. The molecule has 1 aliphatic rings. The maximum Gasteiger partial charge on any atom is 0.293 e. The van der Waals surface area contributed by atoms with Gasteiger partial charge in [0, 0.05) is 22.9 Å². The van der Waals surface area contributed by atoms with Crippen LogP contribution in [-0.4, -0.2) is 20.9 Å². The predicted molar refractivity (Wildman–Crippen MR) is 107 cm³/mol. The average Bonchev–Trinajstić information content (AvgIpc) is 3.21. The number of rotatable bonds is 4. The SMILES string of the molecule is O=C(c1ccco1)N1CCCc2cc(NS(=O)(=O)c3ccc(Cl)cc3)ccc21. The van der Waals surface area contributed by atoms with Crippen LogP contribution in [-0.2, 0) is 16.4 Å². The molecule has 2 aromatic carbocycles. The van der Waals surface area contributed by atoms with E-state index in [9.17, 15) is 13.2 Å². The first-order chi connectivity index (χ1) is 13.4. The van der Waals surface area contributed by atoms with E-state index in [0.29, 0.717) is 17.3 Å². The minimum atomic E-state index is -3.73. The van der Waals surface area contributed by atoms with Crippen molar-refractivity contribution in [3.8, 4) is 0 Å². The molecule has 1 amide bonds. The van der Waals surface area contributed by atoms with Crippen molar-refractivity contribution >= 4 is 38.9 Å². The van der Waals surface area contributed by atoms with Crippen molar-refractivity contribution < 1.29 is 17.6 Å². The zero-order valence-electron chi connectivity index (χ0n) is 14.8. The molecule has 1 aromatic heterocycles. The molecule has 28 heavy (non-hydrogen) atoms. The second-order valence-electron chi connectivity index (χ2n) is 6.44. The molecule has 0 unspecified atom stereocenters. The minimum absolute atomic E-state index is 0.129. The summed E-state index contributed by atoms with van der Waals surface area (Å²) in [4.78, 5) is 14.5. The fourth-order valence-electron chi connectivity index (χ4n) is 3.23. The number of fused-ring (bicyclic) bond motifs is 1. The normalized spacial score (nSPS) is 13.8. The van der Waals surface area contributed by atoms with Crippen LogP contribution in [0.15, 0.2) is 70.2 Å². The Labute approximate surface area is 167 Å². The zero-order valence-corrected chi connectivity index (χ0v) is 16.3. The average molecular weight is 417 g/mol. The van der Waals surface area contributed by atoms with Gasteiger partial charge in [-0.05, 0) is 73.0 Å². The van der Waals surface area contributed by atoms with Crippen LogP contribution in [0.1, 0.15) is 22.5 Å². The van der Waals surface area contributed by atoms with Crippen molar-refractivity contribution in [2.75, 3.05) is 16.2 Å². The van der Waals surface area contributed by atoms with Crippen LogP contribution < -0.4 is 9.62 Å². The summed E-state index contributed by atoms with van der Waals surface area (Å²) in [5.74, 6) is 0.0702. The van der Waals surface area contributed by atoms with Crippen LogP contribution in [0.3, 0.4) is 0 Å². The maximum atomic E-state index is 12.7. The summed E-state index contributed by atoms with van der Waals surface area (Å²) in [6, 6.07) is 14.4. The Morgan fingerprint density at radius 3 is 2.61 bits per heavy atom. The number of hydrogen-bond donors (Lipinski definition) is 1. The molecule has 0 atom stereocenters. The molecular weight excluding hydrogens is 400 g/mol. The Morgan fingerprint density at radius 2 is 1.89 bits per heavy atom. The lowest BCUT2D eigenvalue weighted by Gasteiger charge is -2.29. The van der Waals surface area contributed by atoms with Crippen LogP contribution in [0.2, 0.25) is 5.02 Å².